The van der Waals surface area contributed by atoms with Crippen LogP contribution in [0.5, 0.6) is 0 Å². The average Bonchev–Trinajstić information content (AvgIpc) is 2.98. The Hall–Kier alpha value is -2.33. The van der Waals surface area contributed by atoms with Gasteiger partial charge in [-0.2, -0.15) is 0 Å². The van der Waals surface area contributed by atoms with Gasteiger partial charge in [-0.3, -0.25) is 9.59 Å². The molecule has 0 unspecified atom stereocenters. The minimum absolute atomic E-state index is 0.0117. The molecule has 25 heavy (non-hydrogen) atoms. The summed E-state index contributed by atoms with van der Waals surface area (Å²) in [6, 6.07) is 15.3. The smallest absolute Gasteiger partial charge is 0.229 e. The topological polar surface area (TPSA) is 49.4 Å². The fraction of sp³-hybridized carbons (Fsp3) is 0.300. The van der Waals surface area contributed by atoms with E-state index in [1.165, 1.54) is 5.56 Å². The minimum atomic E-state index is -0.333. The third kappa shape index (κ3) is 4.20. The summed E-state index contributed by atoms with van der Waals surface area (Å²) in [7, 11) is 0. The largest absolute Gasteiger partial charge is 0.337 e. The summed E-state index contributed by atoms with van der Waals surface area (Å²) in [6.45, 7) is 2.93. The van der Waals surface area contributed by atoms with E-state index in [1.54, 1.807) is 4.90 Å². The van der Waals surface area contributed by atoms with Crippen molar-refractivity contribution in [2.45, 2.75) is 26.3 Å². The summed E-state index contributed by atoms with van der Waals surface area (Å²) in [5.74, 6) is -0.453. The number of nitrogens with one attached hydrogen (secondary N) is 1. The van der Waals surface area contributed by atoms with Gasteiger partial charge in [-0.25, -0.2) is 0 Å². The standard InChI is InChI=1S/C20H21ClN2O2/c1-2-14-6-5-8-17(10-14)22-20(25)16-11-19(24)23(13-16)12-15-7-3-4-9-18(15)21/h3-10,16H,2,11-13H2,1H3,(H,22,25)/t16-/m1/s1. The maximum atomic E-state index is 12.5. The van der Waals surface area contributed by atoms with Crippen LogP contribution >= 0.6 is 11.6 Å². The van der Waals surface area contributed by atoms with Gasteiger partial charge in [0.05, 0.1) is 5.92 Å². The van der Waals surface area contributed by atoms with Crippen LogP contribution in [0.3, 0.4) is 0 Å². The molecule has 1 aliphatic heterocycles. The first-order chi connectivity index (χ1) is 12.1. The third-order valence-corrected chi connectivity index (χ3v) is 4.88. The quantitative estimate of drug-likeness (QED) is 0.883. The van der Waals surface area contributed by atoms with E-state index in [9.17, 15) is 9.59 Å². The maximum Gasteiger partial charge on any atom is 0.229 e. The SMILES string of the molecule is CCc1cccc(NC(=O)[C@@H]2CC(=O)N(Cc3ccccc3Cl)C2)c1. The highest BCUT2D eigenvalue weighted by Crippen LogP contribution is 2.24. The van der Waals surface area contributed by atoms with Crippen LogP contribution in [0, 0.1) is 5.92 Å². The molecule has 1 aliphatic rings. The summed E-state index contributed by atoms with van der Waals surface area (Å²) < 4.78 is 0. The van der Waals surface area contributed by atoms with E-state index in [-0.39, 0.29) is 24.2 Å². The predicted octanol–water partition coefficient (Wildman–Crippen LogP) is 3.89. The Morgan fingerprint density at radius 2 is 2.04 bits per heavy atom. The number of carbonyl (C=O) groups is 2. The van der Waals surface area contributed by atoms with Crippen molar-refractivity contribution in [3.05, 3.63) is 64.7 Å². The van der Waals surface area contributed by atoms with Crippen LogP contribution in [0.25, 0.3) is 0 Å². The first-order valence-electron chi connectivity index (χ1n) is 8.47. The zero-order chi connectivity index (χ0) is 17.8. The highest BCUT2D eigenvalue weighted by Gasteiger charge is 2.34. The zero-order valence-electron chi connectivity index (χ0n) is 14.2. The van der Waals surface area contributed by atoms with Crippen LogP contribution < -0.4 is 5.32 Å². The number of anilines is 1. The Morgan fingerprint density at radius 3 is 2.80 bits per heavy atom. The molecular weight excluding hydrogens is 336 g/mol. The van der Waals surface area contributed by atoms with Gasteiger partial charge in [-0.1, -0.05) is 48.9 Å². The first kappa shape index (κ1) is 17.5. The van der Waals surface area contributed by atoms with Gasteiger partial charge >= 0.3 is 0 Å². The minimum Gasteiger partial charge on any atom is -0.337 e. The maximum absolute atomic E-state index is 12.5. The average molecular weight is 357 g/mol. The molecule has 3 rings (SSSR count). The molecule has 0 radical (unpaired) electrons. The molecule has 0 bridgehead atoms. The van der Waals surface area contributed by atoms with Crippen LogP contribution in [0.2, 0.25) is 5.02 Å². The molecular formula is C20H21ClN2O2. The molecule has 1 N–H and O–H groups in total. The molecule has 1 heterocycles. The van der Waals surface area contributed by atoms with Crippen molar-refractivity contribution in [2.24, 2.45) is 5.92 Å². The van der Waals surface area contributed by atoms with Gasteiger partial charge in [-0.05, 0) is 35.7 Å². The number of benzene rings is 2. The molecule has 1 atom stereocenters. The van der Waals surface area contributed by atoms with Gasteiger partial charge in [-0.15, -0.1) is 0 Å². The van der Waals surface area contributed by atoms with E-state index in [2.05, 4.69) is 12.2 Å². The van der Waals surface area contributed by atoms with Crippen molar-refractivity contribution >= 4 is 29.1 Å². The van der Waals surface area contributed by atoms with Crippen LogP contribution in [0.4, 0.5) is 5.69 Å². The summed E-state index contributed by atoms with van der Waals surface area (Å²) in [5.41, 5.74) is 2.84. The molecule has 2 aromatic rings. The number of carbonyl (C=O) groups excluding carboxylic acids is 2. The zero-order valence-corrected chi connectivity index (χ0v) is 14.9. The molecule has 0 spiro atoms. The van der Waals surface area contributed by atoms with E-state index in [4.69, 9.17) is 11.6 Å². The summed E-state index contributed by atoms with van der Waals surface area (Å²) in [6.07, 6.45) is 1.15. The van der Waals surface area contributed by atoms with Gasteiger partial charge in [0.1, 0.15) is 0 Å². The highest BCUT2D eigenvalue weighted by molar-refractivity contribution is 6.31. The molecule has 0 saturated carbocycles. The Morgan fingerprint density at radius 1 is 1.24 bits per heavy atom. The molecule has 130 valence electrons. The van der Waals surface area contributed by atoms with Gasteiger partial charge in [0.25, 0.3) is 0 Å². The second kappa shape index (κ2) is 7.70. The van der Waals surface area contributed by atoms with Crippen molar-refractivity contribution in [1.82, 2.24) is 4.90 Å². The van der Waals surface area contributed by atoms with Crippen molar-refractivity contribution in [3.8, 4) is 0 Å². The van der Waals surface area contributed by atoms with Crippen LogP contribution in [-0.4, -0.2) is 23.3 Å². The normalized spacial score (nSPS) is 17.0. The Bertz CT molecular complexity index is 791. The van der Waals surface area contributed by atoms with Gasteiger partial charge < -0.3 is 10.2 Å². The number of halogens is 1. The molecule has 2 aromatic carbocycles. The summed E-state index contributed by atoms with van der Waals surface area (Å²) >= 11 is 6.17. The number of amides is 2. The Labute approximate surface area is 152 Å². The third-order valence-electron chi connectivity index (χ3n) is 4.51. The van der Waals surface area contributed by atoms with Crippen molar-refractivity contribution < 1.29 is 9.59 Å². The molecule has 0 aliphatic carbocycles. The van der Waals surface area contributed by atoms with E-state index >= 15 is 0 Å². The van der Waals surface area contributed by atoms with Crippen LogP contribution in [0.15, 0.2) is 48.5 Å². The number of likely N-dealkylation sites (tertiary alicyclic amines) is 1. The predicted molar refractivity (Wildman–Crippen MR) is 99.4 cm³/mol. The lowest BCUT2D eigenvalue weighted by molar-refractivity contribution is -0.128. The van der Waals surface area contributed by atoms with Crippen molar-refractivity contribution in [2.75, 3.05) is 11.9 Å². The lowest BCUT2D eigenvalue weighted by atomic mass is 10.1. The van der Waals surface area contributed by atoms with E-state index in [1.807, 2.05) is 48.5 Å². The molecule has 1 saturated heterocycles. The molecule has 4 nitrogen and oxygen atoms in total. The van der Waals surface area contributed by atoms with Gasteiger partial charge in [0.2, 0.25) is 11.8 Å². The fourth-order valence-corrected chi connectivity index (χ4v) is 3.24. The fourth-order valence-electron chi connectivity index (χ4n) is 3.05. The second-order valence-corrected chi connectivity index (χ2v) is 6.72. The van der Waals surface area contributed by atoms with E-state index in [0.717, 1.165) is 17.7 Å². The summed E-state index contributed by atoms with van der Waals surface area (Å²) in [5, 5.41) is 3.57. The highest BCUT2D eigenvalue weighted by atomic mass is 35.5. The number of aryl methyl sites for hydroxylation is 1. The number of hydrogen-bond donors (Lipinski definition) is 1. The Balaban J connectivity index is 1.63. The molecule has 5 heteroatoms. The van der Waals surface area contributed by atoms with Crippen molar-refractivity contribution in [1.29, 1.82) is 0 Å². The molecule has 2 amide bonds. The molecule has 1 fully saturated rings. The Kier molecular flexibility index (Phi) is 5.39. The van der Waals surface area contributed by atoms with E-state index in [0.29, 0.717) is 18.1 Å². The number of nitrogens with zero attached hydrogens (tertiary/aromatic N) is 1. The first-order valence-corrected chi connectivity index (χ1v) is 8.85. The van der Waals surface area contributed by atoms with Crippen LogP contribution in [0.1, 0.15) is 24.5 Å². The van der Waals surface area contributed by atoms with Gasteiger partial charge in [0.15, 0.2) is 0 Å². The second-order valence-electron chi connectivity index (χ2n) is 6.31. The number of rotatable bonds is 5. The lowest BCUT2D eigenvalue weighted by Crippen LogP contribution is -2.28. The van der Waals surface area contributed by atoms with Gasteiger partial charge in [0, 0.05) is 30.2 Å². The van der Waals surface area contributed by atoms with Crippen LogP contribution in [-0.2, 0) is 22.6 Å². The molecule has 0 aromatic heterocycles. The lowest BCUT2D eigenvalue weighted by Gasteiger charge is -2.17. The number of hydrogen-bond acceptors (Lipinski definition) is 2. The van der Waals surface area contributed by atoms with Crippen molar-refractivity contribution in [3.63, 3.8) is 0 Å². The monoisotopic (exact) mass is 356 g/mol. The summed E-state index contributed by atoms with van der Waals surface area (Å²) in [4.78, 5) is 26.5. The van der Waals surface area contributed by atoms with E-state index < -0.39 is 0 Å².